The first-order chi connectivity index (χ1) is 16.3. The van der Waals surface area contributed by atoms with Crippen molar-refractivity contribution in [1.82, 2.24) is 29.6 Å². The zero-order valence-electron chi connectivity index (χ0n) is 17.9. The van der Waals surface area contributed by atoms with Crippen molar-refractivity contribution < 1.29 is 4.79 Å². The predicted molar refractivity (Wildman–Crippen MR) is 130 cm³/mol. The van der Waals surface area contributed by atoms with E-state index in [9.17, 15) is 4.79 Å². The SMILES string of the molecule is O=C(CSc1nnc(Cc2cccs2)n1-c1ccccc1)N1CCN(c2cnccn2)CC1. The molecule has 168 valence electrons. The van der Waals surface area contributed by atoms with E-state index >= 15 is 0 Å². The number of piperazine rings is 1. The van der Waals surface area contributed by atoms with Gasteiger partial charge in [0.2, 0.25) is 5.91 Å². The maximum atomic E-state index is 12.9. The Bertz CT molecular complexity index is 1170. The molecule has 4 heterocycles. The highest BCUT2D eigenvalue weighted by Crippen LogP contribution is 2.25. The molecule has 0 atom stereocenters. The van der Waals surface area contributed by atoms with Crippen LogP contribution in [0.2, 0.25) is 0 Å². The summed E-state index contributed by atoms with van der Waals surface area (Å²) in [5, 5.41) is 11.7. The summed E-state index contributed by atoms with van der Waals surface area (Å²) in [5.41, 5.74) is 1.00. The zero-order chi connectivity index (χ0) is 22.5. The maximum Gasteiger partial charge on any atom is 0.233 e. The van der Waals surface area contributed by atoms with Gasteiger partial charge in [-0.3, -0.25) is 14.3 Å². The maximum absolute atomic E-state index is 12.9. The summed E-state index contributed by atoms with van der Waals surface area (Å²) in [7, 11) is 0. The Labute approximate surface area is 200 Å². The van der Waals surface area contributed by atoms with Crippen LogP contribution in [0.1, 0.15) is 10.7 Å². The van der Waals surface area contributed by atoms with E-state index in [1.54, 1.807) is 29.9 Å². The lowest BCUT2D eigenvalue weighted by molar-refractivity contribution is -0.128. The first-order valence-electron chi connectivity index (χ1n) is 10.7. The third-order valence-electron chi connectivity index (χ3n) is 5.46. The summed E-state index contributed by atoms with van der Waals surface area (Å²) < 4.78 is 2.06. The molecule has 0 radical (unpaired) electrons. The number of anilines is 1. The van der Waals surface area contributed by atoms with Crippen LogP contribution in [-0.2, 0) is 11.2 Å². The van der Waals surface area contributed by atoms with Crippen LogP contribution in [0.3, 0.4) is 0 Å². The fourth-order valence-electron chi connectivity index (χ4n) is 3.77. The van der Waals surface area contributed by atoms with Gasteiger partial charge in [-0.25, -0.2) is 4.98 Å². The average Bonchev–Trinajstić information content (AvgIpc) is 3.54. The van der Waals surface area contributed by atoms with Crippen molar-refractivity contribution in [2.75, 3.05) is 36.8 Å². The van der Waals surface area contributed by atoms with E-state index in [1.165, 1.54) is 16.6 Å². The number of amides is 1. The van der Waals surface area contributed by atoms with Crippen LogP contribution in [0, 0.1) is 0 Å². The summed E-state index contributed by atoms with van der Waals surface area (Å²) in [6.45, 7) is 2.84. The first kappa shape index (κ1) is 21.6. The van der Waals surface area contributed by atoms with Gasteiger partial charge in [0, 0.05) is 55.6 Å². The number of thiophene rings is 1. The lowest BCUT2D eigenvalue weighted by Crippen LogP contribution is -2.49. The van der Waals surface area contributed by atoms with Crippen LogP contribution in [0.25, 0.3) is 5.69 Å². The smallest absolute Gasteiger partial charge is 0.233 e. The Morgan fingerprint density at radius 2 is 1.85 bits per heavy atom. The Hall–Kier alpha value is -3.24. The van der Waals surface area contributed by atoms with Gasteiger partial charge in [-0.05, 0) is 23.6 Å². The minimum absolute atomic E-state index is 0.112. The van der Waals surface area contributed by atoms with Gasteiger partial charge in [-0.2, -0.15) is 0 Å². The van der Waals surface area contributed by atoms with Crippen LogP contribution >= 0.6 is 23.1 Å². The number of hydrogen-bond donors (Lipinski definition) is 0. The quantitative estimate of drug-likeness (QED) is 0.378. The molecule has 4 aromatic rings. The topological polar surface area (TPSA) is 80.0 Å². The highest BCUT2D eigenvalue weighted by Gasteiger charge is 2.23. The number of benzene rings is 1. The van der Waals surface area contributed by atoms with Crippen molar-refractivity contribution in [2.45, 2.75) is 11.6 Å². The van der Waals surface area contributed by atoms with Crippen molar-refractivity contribution >= 4 is 34.8 Å². The van der Waals surface area contributed by atoms with Gasteiger partial charge in [-0.1, -0.05) is 36.0 Å². The third kappa shape index (κ3) is 5.07. The molecule has 1 amide bonds. The average molecular weight is 478 g/mol. The molecule has 1 aliphatic rings. The predicted octanol–water partition coefficient (Wildman–Crippen LogP) is 3.15. The van der Waals surface area contributed by atoms with Crippen LogP contribution in [0.15, 0.2) is 71.6 Å². The van der Waals surface area contributed by atoms with Gasteiger partial charge in [-0.15, -0.1) is 21.5 Å². The van der Waals surface area contributed by atoms with Gasteiger partial charge in [0.05, 0.1) is 11.9 Å². The molecule has 1 aliphatic heterocycles. The highest BCUT2D eigenvalue weighted by molar-refractivity contribution is 7.99. The molecule has 8 nitrogen and oxygen atoms in total. The number of thioether (sulfide) groups is 1. The molecular formula is C23H23N7OS2. The Morgan fingerprint density at radius 1 is 1.00 bits per heavy atom. The van der Waals surface area contributed by atoms with E-state index in [2.05, 4.69) is 41.1 Å². The molecule has 5 rings (SSSR count). The van der Waals surface area contributed by atoms with E-state index < -0.39 is 0 Å². The van der Waals surface area contributed by atoms with Crippen molar-refractivity contribution in [3.05, 3.63) is 77.1 Å². The summed E-state index contributed by atoms with van der Waals surface area (Å²) in [4.78, 5) is 26.7. The molecule has 33 heavy (non-hydrogen) atoms. The molecule has 1 saturated heterocycles. The van der Waals surface area contributed by atoms with Crippen molar-refractivity contribution in [1.29, 1.82) is 0 Å². The van der Waals surface area contributed by atoms with Gasteiger partial charge >= 0.3 is 0 Å². The standard InChI is InChI=1S/C23H23N7OS2/c31-22(29-12-10-28(11-13-29)21-16-24-8-9-25-21)17-33-23-27-26-20(15-19-7-4-14-32-19)30(23)18-5-2-1-3-6-18/h1-9,14,16H,10-13,15,17H2. The van der Waals surface area contributed by atoms with Gasteiger partial charge in [0.1, 0.15) is 11.6 Å². The molecule has 0 spiro atoms. The second kappa shape index (κ2) is 10.1. The summed E-state index contributed by atoms with van der Waals surface area (Å²) in [6, 6.07) is 14.2. The lowest BCUT2D eigenvalue weighted by atomic mass is 10.3. The number of carbonyl (C=O) groups excluding carboxylic acids is 1. The number of rotatable bonds is 7. The normalized spacial score (nSPS) is 13.9. The fraction of sp³-hybridized carbons (Fsp3) is 0.261. The summed E-state index contributed by atoms with van der Waals surface area (Å²) in [5.74, 6) is 2.17. The molecule has 3 aromatic heterocycles. The number of carbonyl (C=O) groups is 1. The molecule has 0 saturated carbocycles. The van der Waals surface area contributed by atoms with Crippen LogP contribution in [0.5, 0.6) is 0 Å². The van der Waals surface area contributed by atoms with E-state index in [0.29, 0.717) is 25.3 Å². The van der Waals surface area contributed by atoms with Crippen molar-refractivity contribution in [3.63, 3.8) is 0 Å². The largest absolute Gasteiger partial charge is 0.352 e. The molecule has 1 aromatic carbocycles. The fourth-order valence-corrected chi connectivity index (χ4v) is 5.35. The molecule has 0 aliphatic carbocycles. The number of para-hydroxylation sites is 1. The minimum Gasteiger partial charge on any atom is -0.352 e. The summed E-state index contributed by atoms with van der Waals surface area (Å²) in [6.07, 6.45) is 5.83. The van der Waals surface area contributed by atoms with E-state index in [4.69, 9.17) is 0 Å². The first-order valence-corrected chi connectivity index (χ1v) is 12.6. The highest BCUT2D eigenvalue weighted by atomic mass is 32.2. The lowest BCUT2D eigenvalue weighted by Gasteiger charge is -2.35. The summed E-state index contributed by atoms with van der Waals surface area (Å²) >= 11 is 3.15. The van der Waals surface area contributed by atoms with E-state index in [0.717, 1.165) is 35.6 Å². The molecule has 10 heteroatoms. The van der Waals surface area contributed by atoms with E-state index in [-0.39, 0.29) is 5.91 Å². The molecular weight excluding hydrogens is 454 g/mol. The van der Waals surface area contributed by atoms with E-state index in [1.807, 2.05) is 41.3 Å². The minimum atomic E-state index is 0.112. The number of nitrogens with zero attached hydrogens (tertiary/aromatic N) is 7. The van der Waals surface area contributed by atoms with Crippen molar-refractivity contribution in [3.8, 4) is 5.69 Å². The number of aromatic nitrogens is 5. The second-order valence-corrected chi connectivity index (χ2v) is 9.52. The van der Waals surface area contributed by atoms with Crippen LogP contribution < -0.4 is 4.90 Å². The van der Waals surface area contributed by atoms with Crippen LogP contribution in [0.4, 0.5) is 5.82 Å². The Balaban J connectivity index is 1.25. The molecule has 0 unspecified atom stereocenters. The van der Waals surface area contributed by atoms with Gasteiger partial charge in [0.15, 0.2) is 5.16 Å². The van der Waals surface area contributed by atoms with Gasteiger partial charge in [0.25, 0.3) is 0 Å². The molecule has 0 bridgehead atoms. The zero-order valence-corrected chi connectivity index (χ0v) is 19.6. The monoisotopic (exact) mass is 477 g/mol. The Morgan fingerprint density at radius 3 is 2.58 bits per heavy atom. The van der Waals surface area contributed by atoms with Gasteiger partial charge < -0.3 is 9.80 Å². The molecule has 1 fully saturated rings. The molecule has 0 N–H and O–H groups in total. The van der Waals surface area contributed by atoms with Crippen LogP contribution in [-0.4, -0.2) is 67.5 Å². The number of hydrogen-bond acceptors (Lipinski definition) is 8. The third-order valence-corrected chi connectivity index (χ3v) is 7.25. The van der Waals surface area contributed by atoms with Crippen molar-refractivity contribution in [2.24, 2.45) is 0 Å². The Kier molecular flexibility index (Phi) is 6.63. The second-order valence-electron chi connectivity index (χ2n) is 7.55.